The zero-order chi connectivity index (χ0) is 14.8. The molecule has 0 aliphatic carbocycles. The van der Waals surface area contributed by atoms with Crippen molar-refractivity contribution in [3.8, 4) is 11.5 Å². The van der Waals surface area contributed by atoms with Gasteiger partial charge in [-0.3, -0.25) is 0 Å². The van der Waals surface area contributed by atoms with Gasteiger partial charge in [0, 0.05) is 12.5 Å². The fraction of sp³-hybridized carbons (Fsp3) is 0.294. The van der Waals surface area contributed by atoms with Crippen molar-refractivity contribution in [2.24, 2.45) is 0 Å². The van der Waals surface area contributed by atoms with E-state index in [1.165, 1.54) is 30.4 Å². The first-order chi connectivity index (χ1) is 10.2. The Morgan fingerprint density at radius 2 is 2.14 bits per heavy atom. The van der Waals surface area contributed by atoms with Gasteiger partial charge in [-0.2, -0.15) is 0 Å². The molecule has 0 bridgehead atoms. The third-order valence-electron chi connectivity index (χ3n) is 3.64. The second-order valence-electron chi connectivity index (χ2n) is 5.28. The molecule has 1 heterocycles. The average Bonchev–Trinajstić information content (AvgIpc) is 2.87. The molecule has 1 N–H and O–H groups in total. The molecule has 2 aromatic carbocycles. The second-order valence-corrected chi connectivity index (χ2v) is 5.28. The molecule has 0 radical (unpaired) electrons. The first-order valence-corrected chi connectivity index (χ1v) is 6.99. The summed E-state index contributed by atoms with van der Waals surface area (Å²) in [6.45, 7) is 2.73. The van der Waals surface area contributed by atoms with Crippen LogP contribution in [0.3, 0.4) is 0 Å². The number of benzene rings is 2. The Hall–Kier alpha value is -2.23. The van der Waals surface area contributed by atoms with Gasteiger partial charge in [-0.15, -0.1) is 0 Å². The summed E-state index contributed by atoms with van der Waals surface area (Å²) < 4.78 is 24.2. The SMILES string of the molecule is COc1cc(F)ccc1NCC1Cc2cc(C)ccc2O1. The first-order valence-electron chi connectivity index (χ1n) is 6.99. The van der Waals surface area contributed by atoms with Crippen LogP contribution in [0.5, 0.6) is 11.5 Å². The van der Waals surface area contributed by atoms with Crippen molar-refractivity contribution < 1.29 is 13.9 Å². The molecule has 110 valence electrons. The van der Waals surface area contributed by atoms with Gasteiger partial charge in [0.15, 0.2) is 0 Å². The van der Waals surface area contributed by atoms with E-state index in [-0.39, 0.29) is 11.9 Å². The minimum Gasteiger partial charge on any atom is -0.494 e. The number of halogens is 1. The van der Waals surface area contributed by atoms with E-state index >= 15 is 0 Å². The predicted octanol–water partition coefficient (Wildman–Crippen LogP) is 3.56. The maximum atomic E-state index is 13.2. The lowest BCUT2D eigenvalue weighted by Gasteiger charge is -2.15. The average molecular weight is 287 g/mol. The van der Waals surface area contributed by atoms with Gasteiger partial charge in [0.2, 0.25) is 0 Å². The van der Waals surface area contributed by atoms with E-state index in [4.69, 9.17) is 9.47 Å². The number of rotatable bonds is 4. The van der Waals surface area contributed by atoms with Gasteiger partial charge in [-0.25, -0.2) is 4.39 Å². The zero-order valence-corrected chi connectivity index (χ0v) is 12.2. The quantitative estimate of drug-likeness (QED) is 0.932. The van der Waals surface area contributed by atoms with E-state index in [1.807, 2.05) is 6.07 Å². The summed E-state index contributed by atoms with van der Waals surface area (Å²) in [5, 5.41) is 3.27. The molecule has 0 amide bonds. The summed E-state index contributed by atoms with van der Waals surface area (Å²) in [5.41, 5.74) is 3.26. The zero-order valence-electron chi connectivity index (χ0n) is 12.2. The number of fused-ring (bicyclic) bond motifs is 1. The molecular formula is C17H18FNO2. The van der Waals surface area contributed by atoms with Crippen molar-refractivity contribution in [2.45, 2.75) is 19.4 Å². The highest BCUT2D eigenvalue weighted by Gasteiger charge is 2.22. The van der Waals surface area contributed by atoms with Gasteiger partial charge >= 0.3 is 0 Å². The van der Waals surface area contributed by atoms with Crippen LogP contribution < -0.4 is 14.8 Å². The van der Waals surface area contributed by atoms with Gasteiger partial charge in [-0.05, 0) is 30.7 Å². The minimum absolute atomic E-state index is 0.0801. The van der Waals surface area contributed by atoms with Gasteiger partial charge in [0.1, 0.15) is 23.4 Å². The van der Waals surface area contributed by atoms with E-state index in [1.54, 1.807) is 6.07 Å². The van der Waals surface area contributed by atoms with Crippen LogP contribution in [0.25, 0.3) is 0 Å². The first kappa shape index (κ1) is 13.7. The van der Waals surface area contributed by atoms with Crippen LogP contribution in [0.15, 0.2) is 36.4 Å². The molecule has 2 aromatic rings. The summed E-state index contributed by atoms with van der Waals surface area (Å²) in [4.78, 5) is 0. The van der Waals surface area contributed by atoms with Gasteiger partial charge < -0.3 is 14.8 Å². The molecule has 1 aliphatic heterocycles. The molecule has 1 atom stereocenters. The Labute approximate surface area is 123 Å². The van der Waals surface area contributed by atoms with E-state index in [2.05, 4.69) is 24.4 Å². The van der Waals surface area contributed by atoms with E-state index in [0.29, 0.717) is 12.3 Å². The van der Waals surface area contributed by atoms with Gasteiger partial charge in [0.25, 0.3) is 0 Å². The van der Waals surface area contributed by atoms with Crippen LogP contribution in [0.1, 0.15) is 11.1 Å². The summed E-state index contributed by atoms with van der Waals surface area (Å²) in [6.07, 6.45) is 0.963. The third kappa shape index (κ3) is 2.94. The van der Waals surface area contributed by atoms with Crippen molar-refractivity contribution in [1.82, 2.24) is 0 Å². The van der Waals surface area contributed by atoms with Gasteiger partial charge in [-0.1, -0.05) is 17.7 Å². The molecule has 1 aliphatic rings. The molecule has 3 rings (SSSR count). The molecule has 21 heavy (non-hydrogen) atoms. The standard InChI is InChI=1S/C17H18FNO2/c1-11-3-6-16-12(7-11)8-14(21-16)10-19-15-5-4-13(18)9-17(15)20-2/h3-7,9,14,19H,8,10H2,1-2H3. The van der Waals surface area contributed by atoms with E-state index in [9.17, 15) is 4.39 Å². The normalized spacial score (nSPS) is 16.2. The largest absolute Gasteiger partial charge is 0.494 e. The molecular weight excluding hydrogens is 269 g/mol. The van der Waals surface area contributed by atoms with Crippen molar-refractivity contribution in [2.75, 3.05) is 19.0 Å². The molecule has 3 nitrogen and oxygen atoms in total. The highest BCUT2D eigenvalue weighted by atomic mass is 19.1. The number of hydrogen-bond donors (Lipinski definition) is 1. The minimum atomic E-state index is -0.308. The molecule has 0 saturated carbocycles. The molecule has 1 unspecified atom stereocenters. The van der Waals surface area contributed by atoms with Gasteiger partial charge in [0.05, 0.1) is 19.3 Å². The van der Waals surface area contributed by atoms with Crippen LogP contribution in [-0.4, -0.2) is 19.8 Å². The lowest BCUT2D eigenvalue weighted by Crippen LogP contribution is -2.24. The fourth-order valence-electron chi connectivity index (χ4n) is 2.60. The maximum Gasteiger partial charge on any atom is 0.144 e. The number of hydrogen-bond acceptors (Lipinski definition) is 3. The van der Waals surface area contributed by atoms with E-state index < -0.39 is 0 Å². The highest BCUT2D eigenvalue weighted by Crippen LogP contribution is 2.30. The van der Waals surface area contributed by atoms with Crippen LogP contribution in [0, 0.1) is 12.7 Å². The Morgan fingerprint density at radius 1 is 1.29 bits per heavy atom. The highest BCUT2D eigenvalue weighted by molar-refractivity contribution is 5.56. The number of anilines is 1. The molecule has 0 aromatic heterocycles. The number of methoxy groups -OCH3 is 1. The number of nitrogens with one attached hydrogen (secondary N) is 1. The number of ether oxygens (including phenoxy) is 2. The smallest absolute Gasteiger partial charge is 0.144 e. The van der Waals surface area contributed by atoms with Crippen LogP contribution in [0.4, 0.5) is 10.1 Å². The number of aryl methyl sites for hydroxylation is 1. The lowest BCUT2D eigenvalue weighted by molar-refractivity contribution is 0.246. The third-order valence-corrected chi connectivity index (χ3v) is 3.64. The topological polar surface area (TPSA) is 30.5 Å². The maximum absolute atomic E-state index is 13.2. The Morgan fingerprint density at radius 3 is 2.95 bits per heavy atom. The molecule has 0 spiro atoms. The Kier molecular flexibility index (Phi) is 3.69. The Bertz CT molecular complexity index is 657. The van der Waals surface area contributed by atoms with Crippen LogP contribution >= 0.6 is 0 Å². The summed E-state index contributed by atoms with van der Waals surface area (Å²) >= 11 is 0. The van der Waals surface area contributed by atoms with Crippen LogP contribution in [0.2, 0.25) is 0 Å². The predicted molar refractivity (Wildman–Crippen MR) is 80.7 cm³/mol. The van der Waals surface area contributed by atoms with Crippen molar-refractivity contribution in [1.29, 1.82) is 0 Å². The summed E-state index contributed by atoms with van der Waals surface area (Å²) in [7, 11) is 1.53. The van der Waals surface area contributed by atoms with Crippen LogP contribution in [-0.2, 0) is 6.42 Å². The molecule has 0 fully saturated rings. The summed E-state index contributed by atoms with van der Waals surface area (Å²) in [5.74, 6) is 1.15. The lowest BCUT2D eigenvalue weighted by atomic mass is 10.1. The summed E-state index contributed by atoms with van der Waals surface area (Å²) in [6, 6.07) is 10.7. The van der Waals surface area contributed by atoms with Crippen molar-refractivity contribution >= 4 is 5.69 Å². The van der Waals surface area contributed by atoms with Crippen molar-refractivity contribution in [3.05, 3.63) is 53.3 Å². The Balaban J connectivity index is 1.65. The van der Waals surface area contributed by atoms with E-state index in [0.717, 1.165) is 17.9 Å². The monoisotopic (exact) mass is 287 g/mol. The molecule has 0 saturated heterocycles. The van der Waals surface area contributed by atoms with Crippen molar-refractivity contribution in [3.63, 3.8) is 0 Å². The second kappa shape index (κ2) is 5.64. The molecule has 4 heteroatoms. The fourth-order valence-corrected chi connectivity index (χ4v) is 2.60.